The van der Waals surface area contributed by atoms with Crippen molar-refractivity contribution in [2.24, 2.45) is 11.8 Å². The lowest BCUT2D eigenvalue weighted by molar-refractivity contribution is -0.120. The number of nitrogens with zero attached hydrogens (tertiary/aromatic N) is 1. The number of carbonyl (C=O) groups is 2. The fourth-order valence-corrected chi connectivity index (χ4v) is 7.06. The number of amides is 2. The summed E-state index contributed by atoms with van der Waals surface area (Å²) in [6.07, 6.45) is 1.05. The number of carbonyl (C=O) groups excluding carboxylic acids is 2. The first-order valence-corrected chi connectivity index (χ1v) is 13.0. The normalized spacial score (nSPS) is 23.8. The number of piperidine rings is 1. The molecule has 1 fully saturated rings. The summed E-state index contributed by atoms with van der Waals surface area (Å²) in [6, 6.07) is 13.7. The lowest BCUT2D eigenvalue weighted by Gasteiger charge is -2.34. The number of fused-ring (bicyclic) bond motifs is 1. The Morgan fingerprint density at radius 3 is 2.44 bits per heavy atom. The summed E-state index contributed by atoms with van der Waals surface area (Å²) in [5.41, 5.74) is 1.25. The third kappa shape index (κ3) is 5.00. The van der Waals surface area contributed by atoms with Crippen molar-refractivity contribution in [1.82, 2.24) is 4.31 Å². The monoisotopic (exact) mass is 473 g/mol. The van der Waals surface area contributed by atoms with Crippen LogP contribution in [-0.4, -0.2) is 42.9 Å². The summed E-state index contributed by atoms with van der Waals surface area (Å²) in [7, 11) is -3.57. The Bertz CT molecular complexity index is 1110. The van der Waals surface area contributed by atoms with Crippen LogP contribution in [0.2, 0.25) is 0 Å². The Balaban J connectivity index is 1.38. The number of rotatable bonds is 5. The molecule has 2 aliphatic heterocycles. The number of nitrogens with one attached hydrogen (secondary N) is 2. The third-order valence-corrected chi connectivity index (χ3v) is 8.81. The van der Waals surface area contributed by atoms with Crippen LogP contribution in [0, 0.1) is 11.8 Å². The van der Waals surface area contributed by atoms with Gasteiger partial charge in [0.15, 0.2) is 0 Å². The van der Waals surface area contributed by atoms with E-state index < -0.39 is 15.3 Å². The first kappa shape index (κ1) is 22.8. The first-order chi connectivity index (χ1) is 15.2. The van der Waals surface area contributed by atoms with Gasteiger partial charge in [-0.1, -0.05) is 26.0 Å². The number of benzene rings is 2. The standard InChI is InChI=1S/C23H27N3O4S2/c1-15-11-16(2)14-26(13-15)32(29,30)18-9-7-17(8-10-18)24-22(27)12-21-23(28)25-19-5-3-4-6-20(19)31-21/h3-10,15-16,21H,11-14H2,1-2H3,(H,24,27)(H,25,28)/t15-,16-,21-/m1/s1. The SMILES string of the molecule is C[C@@H]1C[C@@H](C)CN(S(=O)(=O)c2ccc(NC(=O)C[C@H]3Sc4ccccc4NC3=O)cc2)C1. The molecule has 2 aliphatic rings. The number of para-hydroxylation sites is 1. The van der Waals surface area contributed by atoms with E-state index in [9.17, 15) is 18.0 Å². The van der Waals surface area contributed by atoms with Crippen molar-refractivity contribution in [3.05, 3.63) is 48.5 Å². The molecule has 170 valence electrons. The Morgan fingerprint density at radius 1 is 1.09 bits per heavy atom. The van der Waals surface area contributed by atoms with Crippen LogP contribution in [-0.2, 0) is 19.6 Å². The summed E-state index contributed by atoms with van der Waals surface area (Å²) >= 11 is 1.37. The van der Waals surface area contributed by atoms with E-state index in [-0.39, 0.29) is 23.1 Å². The lowest BCUT2D eigenvalue weighted by Crippen LogP contribution is -2.42. The predicted octanol–water partition coefficient (Wildman–Crippen LogP) is 3.79. The van der Waals surface area contributed by atoms with Gasteiger partial charge in [-0.05, 0) is 54.7 Å². The number of thioether (sulfide) groups is 1. The van der Waals surface area contributed by atoms with Gasteiger partial charge in [0.25, 0.3) is 0 Å². The van der Waals surface area contributed by atoms with Gasteiger partial charge in [0.2, 0.25) is 21.8 Å². The van der Waals surface area contributed by atoms with Gasteiger partial charge in [0, 0.05) is 30.1 Å². The Hall–Kier alpha value is -2.36. The van der Waals surface area contributed by atoms with Crippen LogP contribution in [0.1, 0.15) is 26.7 Å². The van der Waals surface area contributed by atoms with Crippen molar-refractivity contribution in [3.63, 3.8) is 0 Å². The van der Waals surface area contributed by atoms with Gasteiger partial charge in [0.05, 0.1) is 15.8 Å². The Kier molecular flexibility index (Phi) is 6.60. The first-order valence-electron chi connectivity index (χ1n) is 10.7. The van der Waals surface area contributed by atoms with Crippen molar-refractivity contribution < 1.29 is 18.0 Å². The van der Waals surface area contributed by atoms with E-state index in [1.54, 1.807) is 16.4 Å². The van der Waals surface area contributed by atoms with Crippen molar-refractivity contribution in [3.8, 4) is 0 Å². The second-order valence-electron chi connectivity index (χ2n) is 8.64. The molecular weight excluding hydrogens is 446 g/mol. The van der Waals surface area contributed by atoms with Crippen LogP contribution in [0.5, 0.6) is 0 Å². The maximum Gasteiger partial charge on any atom is 0.243 e. The van der Waals surface area contributed by atoms with E-state index in [4.69, 9.17) is 0 Å². The zero-order valence-electron chi connectivity index (χ0n) is 18.1. The molecule has 2 N–H and O–H groups in total. The quantitative estimate of drug-likeness (QED) is 0.689. The number of hydrogen-bond donors (Lipinski definition) is 2. The minimum Gasteiger partial charge on any atom is -0.326 e. The molecule has 0 aromatic heterocycles. The highest BCUT2D eigenvalue weighted by Crippen LogP contribution is 2.36. The van der Waals surface area contributed by atoms with E-state index in [0.717, 1.165) is 17.0 Å². The van der Waals surface area contributed by atoms with Crippen LogP contribution in [0.3, 0.4) is 0 Å². The largest absolute Gasteiger partial charge is 0.326 e. The molecule has 2 amide bonds. The highest BCUT2D eigenvalue weighted by molar-refractivity contribution is 8.01. The van der Waals surface area contributed by atoms with Crippen LogP contribution in [0.15, 0.2) is 58.3 Å². The number of anilines is 2. The van der Waals surface area contributed by atoms with Gasteiger partial charge in [0.1, 0.15) is 0 Å². The average molecular weight is 474 g/mol. The summed E-state index contributed by atoms with van der Waals surface area (Å²) < 4.78 is 27.6. The van der Waals surface area contributed by atoms with Crippen LogP contribution in [0.25, 0.3) is 0 Å². The fraction of sp³-hybridized carbons (Fsp3) is 0.391. The summed E-state index contributed by atoms with van der Waals surface area (Å²) in [6.45, 7) is 5.19. The van der Waals surface area contributed by atoms with Gasteiger partial charge >= 0.3 is 0 Å². The molecule has 0 aliphatic carbocycles. The predicted molar refractivity (Wildman–Crippen MR) is 126 cm³/mol. The Labute approximate surface area is 193 Å². The van der Waals surface area contributed by atoms with E-state index in [1.165, 1.54) is 23.9 Å². The smallest absolute Gasteiger partial charge is 0.243 e. The van der Waals surface area contributed by atoms with Gasteiger partial charge in [-0.2, -0.15) is 4.31 Å². The molecular formula is C23H27N3O4S2. The van der Waals surface area contributed by atoms with E-state index in [0.29, 0.717) is 30.6 Å². The van der Waals surface area contributed by atoms with Gasteiger partial charge < -0.3 is 10.6 Å². The van der Waals surface area contributed by atoms with Crippen LogP contribution in [0.4, 0.5) is 11.4 Å². The summed E-state index contributed by atoms with van der Waals surface area (Å²) in [4.78, 5) is 26.0. The van der Waals surface area contributed by atoms with E-state index >= 15 is 0 Å². The molecule has 3 atom stereocenters. The van der Waals surface area contributed by atoms with Gasteiger partial charge in [-0.3, -0.25) is 9.59 Å². The maximum atomic E-state index is 13.0. The topological polar surface area (TPSA) is 95.6 Å². The van der Waals surface area contributed by atoms with Gasteiger partial charge in [-0.25, -0.2) is 8.42 Å². The molecule has 9 heteroatoms. The second kappa shape index (κ2) is 9.25. The lowest BCUT2D eigenvalue weighted by atomic mass is 9.94. The molecule has 0 radical (unpaired) electrons. The van der Waals surface area contributed by atoms with Crippen molar-refractivity contribution in [2.75, 3.05) is 23.7 Å². The molecule has 0 spiro atoms. The fourth-order valence-electron chi connectivity index (χ4n) is 4.27. The zero-order chi connectivity index (χ0) is 22.9. The number of hydrogen-bond acceptors (Lipinski definition) is 5. The highest BCUT2D eigenvalue weighted by Gasteiger charge is 2.32. The molecule has 2 aromatic rings. The number of sulfonamides is 1. The van der Waals surface area contributed by atoms with Gasteiger partial charge in [-0.15, -0.1) is 11.8 Å². The zero-order valence-corrected chi connectivity index (χ0v) is 19.7. The molecule has 7 nitrogen and oxygen atoms in total. The molecule has 1 saturated heterocycles. The molecule has 0 bridgehead atoms. The summed E-state index contributed by atoms with van der Waals surface area (Å²) in [5.74, 6) is 0.157. The minimum absolute atomic E-state index is 0.0223. The van der Waals surface area contributed by atoms with Crippen molar-refractivity contribution in [1.29, 1.82) is 0 Å². The third-order valence-electron chi connectivity index (χ3n) is 5.69. The van der Waals surface area contributed by atoms with Crippen LogP contribution >= 0.6 is 11.8 Å². The Morgan fingerprint density at radius 2 is 1.75 bits per heavy atom. The highest BCUT2D eigenvalue weighted by atomic mass is 32.2. The molecule has 32 heavy (non-hydrogen) atoms. The maximum absolute atomic E-state index is 13.0. The summed E-state index contributed by atoms with van der Waals surface area (Å²) in [5, 5.41) is 5.07. The van der Waals surface area contributed by atoms with Crippen LogP contribution < -0.4 is 10.6 Å². The van der Waals surface area contributed by atoms with E-state index in [2.05, 4.69) is 24.5 Å². The molecule has 2 aromatic carbocycles. The molecule has 0 saturated carbocycles. The molecule has 2 heterocycles. The average Bonchev–Trinajstić information content (AvgIpc) is 2.74. The van der Waals surface area contributed by atoms with Crippen molar-refractivity contribution >= 4 is 45.0 Å². The molecule has 4 rings (SSSR count). The minimum atomic E-state index is -3.57. The van der Waals surface area contributed by atoms with E-state index in [1.807, 2.05) is 24.3 Å². The molecule has 0 unspecified atom stereocenters. The van der Waals surface area contributed by atoms with Crippen molar-refractivity contribution in [2.45, 2.75) is 41.7 Å². The second-order valence-corrected chi connectivity index (χ2v) is 11.8.